The van der Waals surface area contributed by atoms with Crippen LogP contribution >= 0.6 is 0 Å². The Labute approximate surface area is 131 Å². The van der Waals surface area contributed by atoms with Gasteiger partial charge in [0, 0.05) is 0 Å². The zero-order valence-electron chi connectivity index (χ0n) is 12.2. The van der Waals surface area contributed by atoms with E-state index in [4.69, 9.17) is 14.0 Å². The maximum absolute atomic E-state index is 11.7. The molecule has 2 N–H and O–H groups in total. The number of esters is 1. The first-order valence-corrected chi connectivity index (χ1v) is 8.43. The SMILES string of the molecule is O=C(CNC(=O)OCCOC(=O)C1CCCCC1)CS(=O)O. The summed E-state index contributed by atoms with van der Waals surface area (Å²) in [5.74, 6) is -1.44. The van der Waals surface area contributed by atoms with Crippen molar-refractivity contribution in [2.45, 2.75) is 32.1 Å². The molecule has 0 aromatic rings. The molecule has 8 nitrogen and oxygen atoms in total. The second kappa shape index (κ2) is 10.3. The van der Waals surface area contributed by atoms with Crippen LogP contribution in [0.15, 0.2) is 0 Å². The Kier molecular flexibility index (Phi) is 8.68. The molecule has 1 amide bonds. The second-order valence-electron chi connectivity index (χ2n) is 5.00. The molecular weight excluding hydrogens is 314 g/mol. The Balaban J connectivity index is 2.05. The van der Waals surface area contributed by atoms with Crippen molar-refractivity contribution in [3.63, 3.8) is 0 Å². The third-order valence-corrected chi connectivity index (χ3v) is 3.78. The van der Waals surface area contributed by atoms with Crippen LogP contribution in [0.4, 0.5) is 4.79 Å². The van der Waals surface area contributed by atoms with Crippen LogP contribution in [0.5, 0.6) is 0 Å². The molecule has 0 saturated heterocycles. The fourth-order valence-electron chi connectivity index (χ4n) is 2.14. The number of carbonyl (C=O) groups excluding carboxylic acids is 3. The molecule has 0 bridgehead atoms. The van der Waals surface area contributed by atoms with Crippen LogP contribution in [0.25, 0.3) is 0 Å². The van der Waals surface area contributed by atoms with Gasteiger partial charge in [-0.25, -0.2) is 9.00 Å². The molecule has 9 heteroatoms. The highest BCUT2D eigenvalue weighted by Crippen LogP contribution is 2.24. The number of Topliss-reactive ketones (excluding diaryl/α,β-unsaturated/α-hetero) is 1. The summed E-state index contributed by atoms with van der Waals surface area (Å²) in [6, 6.07) is 0. The number of alkyl carbamates (subject to hydrolysis) is 1. The highest BCUT2D eigenvalue weighted by molar-refractivity contribution is 7.80. The first-order chi connectivity index (χ1) is 10.5. The van der Waals surface area contributed by atoms with Crippen molar-refractivity contribution >= 4 is 28.9 Å². The van der Waals surface area contributed by atoms with E-state index in [0.717, 1.165) is 32.1 Å². The van der Waals surface area contributed by atoms with Crippen LogP contribution < -0.4 is 5.32 Å². The summed E-state index contributed by atoms with van der Waals surface area (Å²) in [5, 5.41) is 2.14. The normalized spacial score (nSPS) is 16.6. The van der Waals surface area contributed by atoms with Crippen LogP contribution in [0.1, 0.15) is 32.1 Å². The predicted molar refractivity (Wildman–Crippen MR) is 77.5 cm³/mol. The Bertz CT molecular complexity index is 421. The third-order valence-electron chi connectivity index (χ3n) is 3.21. The molecule has 1 atom stereocenters. The fourth-order valence-corrected chi connectivity index (χ4v) is 2.52. The molecule has 1 rings (SSSR count). The van der Waals surface area contributed by atoms with E-state index >= 15 is 0 Å². The molecular formula is C13H21NO7S. The molecule has 1 fully saturated rings. The molecule has 1 saturated carbocycles. The van der Waals surface area contributed by atoms with Crippen LogP contribution in [0, 0.1) is 5.92 Å². The zero-order chi connectivity index (χ0) is 16.4. The van der Waals surface area contributed by atoms with Crippen LogP contribution in [-0.2, 0) is 30.1 Å². The van der Waals surface area contributed by atoms with Gasteiger partial charge in [0.1, 0.15) is 19.0 Å². The summed E-state index contributed by atoms with van der Waals surface area (Å²) < 4.78 is 28.6. The average Bonchev–Trinajstić information content (AvgIpc) is 2.49. The molecule has 0 aromatic heterocycles. The number of rotatable bonds is 8. The number of hydrogen-bond acceptors (Lipinski definition) is 6. The Hall–Kier alpha value is -1.48. The second-order valence-corrected chi connectivity index (χ2v) is 5.93. The van der Waals surface area contributed by atoms with E-state index in [1.807, 2.05) is 0 Å². The lowest BCUT2D eigenvalue weighted by atomic mass is 9.89. The van der Waals surface area contributed by atoms with E-state index in [0.29, 0.717) is 0 Å². The van der Waals surface area contributed by atoms with Crippen LogP contribution in [0.2, 0.25) is 0 Å². The van der Waals surface area contributed by atoms with Crippen molar-refractivity contribution < 1.29 is 32.6 Å². The van der Waals surface area contributed by atoms with Crippen molar-refractivity contribution in [3.8, 4) is 0 Å². The molecule has 126 valence electrons. The summed E-state index contributed by atoms with van der Waals surface area (Å²) in [7, 11) is 0. The molecule has 1 aliphatic carbocycles. The monoisotopic (exact) mass is 335 g/mol. The number of nitrogens with one attached hydrogen (secondary N) is 1. The van der Waals surface area contributed by atoms with Gasteiger partial charge in [-0.3, -0.25) is 9.59 Å². The number of hydrogen-bond donors (Lipinski definition) is 2. The predicted octanol–water partition coefficient (Wildman–Crippen LogP) is 0.627. The zero-order valence-corrected chi connectivity index (χ0v) is 13.1. The molecule has 1 unspecified atom stereocenters. The third kappa shape index (κ3) is 8.08. The molecule has 0 heterocycles. The van der Waals surface area contributed by atoms with Gasteiger partial charge in [-0.05, 0) is 12.8 Å². The molecule has 0 spiro atoms. The number of ether oxygens (including phenoxy) is 2. The lowest BCUT2D eigenvalue weighted by molar-refractivity contribution is -0.150. The lowest BCUT2D eigenvalue weighted by Crippen LogP contribution is -2.33. The van der Waals surface area contributed by atoms with Gasteiger partial charge in [0.2, 0.25) is 0 Å². The maximum atomic E-state index is 11.7. The van der Waals surface area contributed by atoms with E-state index < -0.39 is 28.7 Å². The first kappa shape index (κ1) is 18.6. The minimum Gasteiger partial charge on any atom is -0.462 e. The molecule has 22 heavy (non-hydrogen) atoms. The Morgan fingerprint density at radius 2 is 1.73 bits per heavy atom. The van der Waals surface area contributed by atoms with Gasteiger partial charge in [-0.1, -0.05) is 19.3 Å². The van der Waals surface area contributed by atoms with Gasteiger partial charge in [0.05, 0.1) is 12.5 Å². The molecule has 0 aliphatic heterocycles. The Morgan fingerprint density at radius 1 is 1.09 bits per heavy atom. The van der Waals surface area contributed by atoms with Gasteiger partial charge in [0.15, 0.2) is 16.9 Å². The van der Waals surface area contributed by atoms with E-state index in [9.17, 15) is 18.6 Å². The summed E-state index contributed by atoms with van der Waals surface area (Å²) in [6.07, 6.45) is 4.06. The lowest BCUT2D eigenvalue weighted by Gasteiger charge is -2.19. The topological polar surface area (TPSA) is 119 Å². The quantitative estimate of drug-likeness (QED) is 0.379. The van der Waals surface area contributed by atoms with Gasteiger partial charge < -0.3 is 19.3 Å². The van der Waals surface area contributed by atoms with Gasteiger partial charge in [-0.2, -0.15) is 0 Å². The van der Waals surface area contributed by atoms with Crippen molar-refractivity contribution in [2.24, 2.45) is 5.92 Å². The number of carbonyl (C=O) groups is 3. The molecule has 1 aliphatic rings. The fraction of sp³-hybridized carbons (Fsp3) is 0.769. The summed E-state index contributed by atoms with van der Waals surface area (Å²) in [4.78, 5) is 34.0. The van der Waals surface area contributed by atoms with E-state index in [2.05, 4.69) is 5.32 Å². The van der Waals surface area contributed by atoms with Crippen molar-refractivity contribution in [1.82, 2.24) is 5.32 Å². The highest BCUT2D eigenvalue weighted by atomic mass is 32.2. The largest absolute Gasteiger partial charge is 0.462 e. The molecule has 0 aromatic carbocycles. The van der Waals surface area contributed by atoms with Crippen molar-refractivity contribution in [1.29, 1.82) is 0 Å². The smallest absolute Gasteiger partial charge is 0.407 e. The first-order valence-electron chi connectivity index (χ1n) is 7.15. The van der Waals surface area contributed by atoms with Gasteiger partial charge >= 0.3 is 12.1 Å². The standard InChI is InChI=1S/C13H21NO7S/c15-11(9-22(18)19)8-14-13(17)21-7-6-20-12(16)10-4-2-1-3-5-10/h10H,1-9H2,(H,14,17)(H,18,19). The van der Waals surface area contributed by atoms with Crippen LogP contribution in [-0.4, -0.2) is 52.1 Å². The van der Waals surface area contributed by atoms with Crippen LogP contribution in [0.3, 0.4) is 0 Å². The number of amides is 1. The minimum absolute atomic E-state index is 0.0304. The van der Waals surface area contributed by atoms with E-state index in [1.54, 1.807) is 0 Å². The minimum atomic E-state index is -2.22. The highest BCUT2D eigenvalue weighted by Gasteiger charge is 2.22. The average molecular weight is 335 g/mol. The Morgan fingerprint density at radius 3 is 2.36 bits per heavy atom. The van der Waals surface area contributed by atoms with Crippen molar-refractivity contribution in [2.75, 3.05) is 25.5 Å². The van der Waals surface area contributed by atoms with E-state index in [-0.39, 0.29) is 31.6 Å². The van der Waals surface area contributed by atoms with Gasteiger partial charge in [0.25, 0.3) is 0 Å². The summed E-state index contributed by atoms with van der Waals surface area (Å²) >= 11 is -2.22. The summed E-state index contributed by atoms with van der Waals surface area (Å²) in [6.45, 7) is -0.519. The maximum Gasteiger partial charge on any atom is 0.407 e. The van der Waals surface area contributed by atoms with Gasteiger partial charge in [-0.15, -0.1) is 0 Å². The summed E-state index contributed by atoms with van der Waals surface area (Å²) in [5.41, 5.74) is 0. The van der Waals surface area contributed by atoms with E-state index in [1.165, 1.54) is 0 Å². The van der Waals surface area contributed by atoms with Crippen molar-refractivity contribution in [3.05, 3.63) is 0 Å². The molecule has 0 radical (unpaired) electrons. The number of ketones is 1.